The summed E-state index contributed by atoms with van der Waals surface area (Å²) >= 11 is 9.22. The molecule has 0 aromatic heterocycles. The Balaban J connectivity index is 2.26. The molecule has 0 spiro atoms. The fourth-order valence-corrected chi connectivity index (χ4v) is 2.23. The average molecular weight is 342 g/mol. The number of nitrogens with two attached hydrogens (primary N) is 1. The number of benzene rings is 2. The van der Waals surface area contributed by atoms with Crippen LogP contribution in [0.15, 0.2) is 52.1 Å². The van der Waals surface area contributed by atoms with Crippen molar-refractivity contribution in [3.05, 3.63) is 57.5 Å². The molecule has 0 atom stereocenters. The van der Waals surface area contributed by atoms with Crippen LogP contribution in [0.1, 0.15) is 5.56 Å². The second-order valence-electron chi connectivity index (χ2n) is 3.69. The molecule has 6 heteroatoms. The molecule has 0 saturated heterocycles. The Morgan fingerprint density at radius 2 is 1.95 bits per heavy atom. The van der Waals surface area contributed by atoms with Gasteiger partial charge >= 0.3 is 0 Å². The predicted octanol–water partition coefficient (Wildman–Crippen LogP) is 3.99. The van der Waals surface area contributed by atoms with Gasteiger partial charge < -0.3 is 15.7 Å². The molecule has 4 nitrogen and oxygen atoms in total. The molecule has 0 radical (unpaired) electrons. The highest BCUT2D eigenvalue weighted by Crippen LogP contribution is 2.28. The van der Waals surface area contributed by atoms with Gasteiger partial charge in [0.05, 0.1) is 0 Å². The van der Waals surface area contributed by atoms with Gasteiger partial charge in [0.2, 0.25) is 0 Å². The lowest BCUT2D eigenvalue weighted by Crippen LogP contribution is -2.13. The average Bonchev–Trinajstić information content (AvgIpc) is 2.38. The normalized spacial score (nSPS) is 11.4. The Kier molecular flexibility index (Phi) is 4.29. The van der Waals surface area contributed by atoms with Crippen molar-refractivity contribution in [2.45, 2.75) is 0 Å². The van der Waals surface area contributed by atoms with Gasteiger partial charge in [-0.25, -0.2) is 0 Å². The van der Waals surface area contributed by atoms with Gasteiger partial charge in [0.25, 0.3) is 0 Å². The number of rotatable bonds is 3. The molecule has 0 saturated carbocycles. The summed E-state index contributed by atoms with van der Waals surface area (Å²) in [6.07, 6.45) is 0. The lowest BCUT2D eigenvalue weighted by Gasteiger charge is -2.08. The van der Waals surface area contributed by atoms with Gasteiger partial charge in [-0.3, -0.25) is 0 Å². The fourth-order valence-electron chi connectivity index (χ4n) is 1.49. The van der Waals surface area contributed by atoms with E-state index in [0.717, 1.165) is 0 Å². The first-order valence-electron chi connectivity index (χ1n) is 5.31. The summed E-state index contributed by atoms with van der Waals surface area (Å²) in [5.74, 6) is 1.28. The molecule has 2 rings (SSSR count). The van der Waals surface area contributed by atoms with Crippen LogP contribution in [-0.4, -0.2) is 11.0 Å². The van der Waals surface area contributed by atoms with Crippen LogP contribution < -0.4 is 10.5 Å². The zero-order chi connectivity index (χ0) is 13.8. The number of hydrogen-bond donors (Lipinski definition) is 2. The van der Waals surface area contributed by atoms with Crippen molar-refractivity contribution in [2.24, 2.45) is 10.9 Å². The van der Waals surface area contributed by atoms with Crippen LogP contribution in [0.4, 0.5) is 0 Å². The summed E-state index contributed by atoms with van der Waals surface area (Å²) in [6.45, 7) is 0. The zero-order valence-electron chi connectivity index (χ0n) is 9.68. The molecule has 2 aromatic rings. The van der Waals surface area contributed by atoms with E-state index in [9.17, 15) is 0 Å². The topological polar surface area (TPSA) is 67.8 Å². The van der Waals surface area contributed by atoms with Gasteiger partial charge in [0.15, 0.2) is 5.84 Å². The molecule has 2 aromatic carbocycles. The van der Waals surface area contributed by atoms with Crippen molar-refractivity contribution in [1.82, 2.24) is 0 Å². The summed E-state index contributed by atoms with van der Waals surface area (Å²) in [7, 11) is 0. The number of nitrogens with zero attached hydrogens (tertiary/aromatic N) is 1. The van der Waals surface area contributed by atoms with E-state index in [1.807, 2.05) is 0 Å². The Hall–Kier alpha value is -1.72. The number of hydrogen-bond acceptors (Lipinski definition) is 3. The Morgan fingerprint density at radius 1 is 1.21 bits per heavy atom. The molecular formula is C13H10BrClN2O2. The van der Waals surface area contributed by atoms with E-state index in [1.165, 1.54) is 0 Å². The van der Waals surface area contributed by atoms with E-state index in [4.69, 9.17) is 27.3 Å². The van der Waals surface area contributed by atoms with E-state index in [0.29, 0.717) is 26.6 Å². The molecular weight excluding hydrogens is 332 g/mol. The maximum Gasteiger partial charge on any atom is 0.171 e. The summed E-state index contributed by atoms with van der Waals surface area (Å²) in [6, 6.07) is 12.2. The second-order valence-corrected chi connectivity index (χ2v) is 4.98. The van der Waals surface area contributed by atoms with Gasteiger partial charge in [0, 0.05) is 15.1 Å². The van der Waals surface area contributed by atoms with E-state index in [2.05, 4.69) is 21.1 Å². The fraction of sp³-hybridized carbons (Fsp3) is 0. The SMILES string of the molecule is N/C(=N/O)c1ccc(Oc2cccc(Cl)c2)cc1Br. The molecule has 0 unspecified atom stereocenters. The molecule has 0 amide bonds. The van der Waals surface area contributed by atoms with Gasteiger partial charge in [0.1, 0.15) is 11.5 Å². The highest BCUT2D eigenvalue weighted by Gasteiger charge is 2.07. The highest BCUT2D eigenvalue weighted by molar-refractivity contribution is 9.10. The lowest BCUT2D eigenvalue weighted by molar-refractivity contribution is 0.318. The molecule has 19 heavy (non-hydrogen) atoms. The zero-order valence-corrected chi connectivity index (χ0v) is 12.0. The van der Waals surface area contributed by atoms with Crippen molar-refractivity contribution in [2.75, 3.05) is 0 Å². The minimum absolute atomic E-state index is 0.0289. The van der Waals surface area contributed by atoms with Crippen LogP contribution in [0.5, 0.6) is 11.5 Å². The molecule has 0 heterocycles. The molecule has 0 bridgehead atoms. The van der Waals surface area contributed by atoms with Crippen LogP contribution in [0, 0.1) is 0 Å². The number of halogens is 2. The van der Waals surface area contributed by atoms with Crippen molar-refractivity contribution in [3.8, 4) is 11.5 Å². The van der Waals surface area contributed by atoms with Crippen LogP contribution in [-0.2, 0) is 0 Å². The third-order valence-corrected chi connectivity index (χ3v) is 3.25. The van der Waals surface area contributed by atoms with Crippen LogP contribution in [0.3, 0.4) is 0 Å². The standard InChI is InChI=1S/C13H10BrClN2O2/c14-12-7-10(4-5-11(12)13(16)17-18)19-9-3-1-2-8(15)6-9/h1-7,18H,(H2,16,17). The van der Waals surface area contributed by atoms with E-state index >= 15 is 0 Å². The molecule has 0 aliphatic rings. The molecule has 0 aliphatic carbocycles. The van der Waals surface area contributed by atoms with E-state index in [1.54, 1.807) is 42.5 Å². The van der Waals surface area contributed by atoms with Gasteiger partial charge in [-0.05, 0) is 52.3 Å². The first-order valence-corrected chi connectivity index (χ1v) is 6.48. The first kappa shape index (κ1) is 13.7. The van der Waals surface area contributed by atoms with Crippen molar-refractivity contribution < 1.29 is 9.94 Å². The number of ether oxygens (including phenoxy) is 1. The van der Waals surface area contributed by atoms with E-state index in [-0.39, 0.29) is 5.84 Å². The lowest BCUT2D eigenvalue weighted by atomic mass is 10.2. The maximum absolute atomic E-state index is 8.64. The first-order chi connectivity index (χ1) is 9.10. The quantitative estimate of drug-likeness (QED) is 0.384. The number of oxime groups is 1. The summed E-state index contributed by atoms with van der Waals surface area (Å²) in [4.78, 5) is 0. The largest absolute Gasteiger partial charge is 0.457 e. The van der Waals surface area contributed by atoms with Crippen LogP contribution in [0.2, 0.25) is 5.02 Å². The smallest absolute Gasteiger partial charge is 0.171 e. The Labute approximate surface area is 123 Å². The summed E-state index contributed by atoms with van der Waals surface area (Å²) in [5.41, 5.74) is 6.11. The van der Waals surface area contributed by atoms with Crippen LogP contribution in [0.25, 0.3) is 0 Å². The van der Waals surface area contributed by atoms with Crippen molar-refractivity contribution >= 4 is 33.4 Å². The van der Waals surface area contributed by atoms with Crippen molar-refractivity contribution in [1.29, 1.82) is 0 Å². The van der Waals surface area contributed by atoms with Crippen LogP contribution >= 0.6 is 27.5 Å². The summed E-state index contributed by atoms with van der Waals surface area (Å²) in [5, 5.41) is 12.2. The van der Waals surface area contributed by atoms with Gasteiger partial charge in [-0.15, -0.1) is 0 Å². The predicted molar refractivity (Wildman–Crippen MR) is 78.2 cm³/mol. The third-order valence-electron chi connectivity index (χ3n) is 2.36. The maximum atomic E-state index is 8.64. The van der Waals surface area contributed by atoms with Gasteiger partial charge in [-0.1, -0.05) is 22.8 Å². The molecule has 98 valence electrons. The van der Waals surface area contributed by atoms with E-state index < -0.39 is 0 Å². The minimum Gasteiger partial charge on any atom is -0.457 e. The minimum atomic E-state index is 0.0289. The van der Waals surface area contributed by atoms with Crippen molar-refractivity contribution in [3.63, 3.8) is 0 Å². The Bertz CT molecular complexity index is 632. The highest BCUT2D eigenvalue weighted by atomic mass is 79.9. The third kappa shape index (κ3) is 3.39. The molecule has 0 fully saturated rings. The van der Waals surface area contributed by atoms with Gasteiger partial charge in [-0.2, -0.15) is 0 Å². The monoisotopic (exact) mass is 340 g/mol. The Morgan fingerprint density at radius 3 is 2.58 bits per heavy atom. The number of amidine groups is 1. The summed E-state index contributed by atoms with van der Waals surface area (Å²) < 4.78 is 6.32. The molecule has 3 N–H and O–H groups in total. The second kappa shape index (κ2) is 5.95. The molecule has 0 aliphatic heterocycles.